The summed E-state index contributed by atoms with van der Waals surface area (Å²) in [5, 5.41) is 9.10. The van der Waals surface area contributed by atoms with E-state index in [2.05, 4.69) is 9.88 Å². The van der Waals surface area contributed by atoms with E-state index < -0.39 is 0 Å². The normalized spacial score (nSPS) is 27.1. The molecule has 0 spiro atoms. The highest BCUT2D eigenvalue weighted by Crippen LogP contribution is 2.16. The average molecular weight is 207 g/mol. The third kappa shape index (κ3) is 2.53. The second-order valence-corrected chi connectivity index (χ2v) is 4.12. The zero-order chi connectivity index (χ0) is 10.7. The first kappa shape index (κ1) is 10.5. The highest BCUT2D eigenvalue weighted by molar-refractivity contribution is 5.04. The van der Waals surface area contributed by atoms with Crippen LogP contribution in [0, 0.1) is 5.92 Å². The van der Waals surface area contributed by atoms with Crippen LogP contribution in [-0.2, 0) is 6.54 Å². The van der Waals surface area contributed by atoms with Gasteiger partial charge in [-0.15, -0.1) is 0 Å². The summed E-state index contributed by atoms with van der Waals surface area (Å²) in [4.78, 5) is 6.52. The van der Waals surface area contributed by atoms with Crippen molar-refractivity contribution < 1.29 is 5.11 Å². The minimum atomic E-state index is 0.0960. The van der Waals surface area contributed by atoms with Crippen LogP contribution in [0.2, 0.25) is 0 Å². The fourth-order valence-corrected chi connectivity index (χ4v) is 2.03. The molecule has 0 bridgehead atoms. The molecule has 1 aliphatic heterocycles. The smallest absolute Gasteiger partial charge is 0.0543 e. The van der Waals surface area contributed by atoms with Crippen LogP contribution in [0.3, 0.4) is 0 Å². The van der Waals surface area contributed by atoms with Gasteiger partial charge in [0.05, 0.1) is 5.69 Å². The van der Waals surface area contributed by atoms with E-state index in [9.17, 15) is 0 Å². The topological polar surface area (TPSA) is 62.4 Å². The lowest BCUT2D eigenvalue weighted by molar-refractivity contribution is 0.214. The molecule has 0 amide bonds. The Morgan fingerprint density at radius 1 is 1.47 bits per heavy atom. The molecular formula is C11H17N3O. The predicted molar refractivity (Wildman–Crippen MR) is 58.1 cm³/mol. The van der Waals surface area contributed by atoms with Crippen molar-refractivity contribution >= 4 is 0 Å². The van der Waals surface area contributed by atoms with Gasteiger partial charge in [0, 0.05) is 44.4 Å². The van der Waals surface area contributed by atoms with Gasteiger partial charge in [-0.05, 0) is 12.1 Å². The number of nitrogens with zero attached hydrogens (tertiary/aromatic N) is 2. The lowest BCUT2D eigenvalue weighted by Gasteiger charge is -2.14. The van der Waals surface area contributed by atoms with E-state index in [1.807, 2.05) is 18.2 Å². The van der Waals surface area contributed by atoms with Gasteiger partial charge in [-0.3, -0.25) is 9.88 Å². The van der Waals surface area contributed by atoms with Crippen molar-refractivity contribution in [3.8, 4) is 0 Å². The standard InChI is InChI=1S/C11H17N3O/c12-11-7-14(5-9(11)8-15)6-10-3-1-2-4-13-10/h1-4,9,11,15H,5-8,12H2/t9-,11+/m0/s1. The number of hydrogen-bond donors (Lipinski definition) is 2. The van der Waals surface area contributed by atoms with Crippen LogP contribution in [0.15, 0.2) is 24.4 Å². The summed E-state index contributed by atoms with van der Waals surface area (Å²) in [5.74, 6) is 0.216. The van der Waals surface area contributed by atoms with Gasteiger partial charge >= 0.3 is 0 Å². The van der Waals surface area contributed by atoms with Crippen LogP contribution >= 0.6 is 0 Å². The molecule has 1 aliphatic rings. The first-order chi connectivity index (χ1) is 7.29. The van der Waals surface area contributed by atoms with Crippen molar-refractivity contribution in [3.63, 3.8) is 0 Å². The Morgan fingerprint density at radius 3 is 2.93 bits per heavy atom. The molecule has 2 atom stereocenters. The molecule has 3 N–H and O–H groups in total. The van der Waals surface area contributed by atoms with Crippen molar-refractivity contribution in [2.75, 3.05) is 19.7 Å². The molecule has 15 heavy (non-hydrogen) atoms. The van der Waals surface area contributed by atoms with Crippen molar-refractivity contribution in [2.24, 2.45) is 11.7 Å². The Hall–Kier alpha value is -0.970. The maximum atomic E-state index is 9.10. The second-order valence-electron chi connectivity index (χ2n) is 4.12. The largest absolute Gasteiger partial charge is 0.396 e. The molecule has 4 nitrogen and oxygen atoms in total. The van der Waals surface area contributed by atoms with Crippen LogP contribution in [0.1, 0.15) is 5.69 Å². The summed E-state index contributed by atoms with van der Waals surface area (Å²) in [7, 11) is 0. The molecule has 2 heterocycles. The third-order valence-corrected chi connectivity index (χ3v) is 2.91. The number of likely N-dealkylation sites (tertiary alicyclic amines) is 1. The zero-order valence-electron chi connectivity index (χ0n) is 8.71. The summed E-state index contributed by atoms with van der Waals surface area (Å²) in [6.45, 7) is 2.72. The maximum Gasteiger partial charge on any atom is 0.0543 e. The van der Waals surface area contributed by atoms with Crippen LogP contribution in [-0.4, -0.2) is 40.7 Å². The summed E-state index contributed by atoms with van der Waals surface area (Å²) < 4.78 is 0. The highest BCUT2D eigenvalue weighted by atomic mass is 16.3. The Balaban J connectivity index is 1.92. The Kier molecular flexibility index (Phi) is 3.30. The molecule has 82 valence electrons. The second kappa shape index (κ2) is 4.70. The fraction of sp³-hybridized carbons (Fsp3) is 0.545. The third-order valence-electron chi connectivity index (χ3n) is 2.91. The zero-order valence-corrected chi connectivity index (χ0v) is 8.71. The van der Waals surface area contributed by atoms with Crippen molar-refractivity contribution in [2.45, 2.75) is 12.6 Å². The van der Waals surface area contributed by atoms with Crippen LogP contribution in [0.25, 0.3) is 0 Å². The molecule has 2 rings (SSSR count). The summed E-state index contributed by atoms with van der Waals surface area (Å²) >= 11 is 0. The maximum absolute atomic E-state index is 9.10. The van der Waals surface area contributed by atoms with Gasteiger partial charge in [-0.1, -0.05) is 6.07 Å². The Bertz CT molecular complexity index is 304. The number of hydrogen-bond acceptors (Lipinski definition) is 4. The van der Waals surface area contributed by atoms with Crippen molar-refractivity contribution in [1.29, 1.82) is 0 Å². The monoisotopic (exact) mass is 207 g/mol. The lowest BCUT2D eigenvalue weighted by Crippen LogP contribution is -2.31. The minimum absolute atomic E-state index is 0.0960. The van der Waals surface area contributed by atoms with E-state index in [1.165, 1.54) is 0 Å². The summed E-state index contributed by atoms with van der Waals surface area (Å²) in [6.07, 6.45) is 1.80. The van der Waals surface area contributed by atoms with Gasteiger partial charge < -0.3 is 10.8 Å². The summed E-state index contributed by atoms with van der Waals surface area (Å²) in [5.41, 5.74) is 6.97. The first-order valence-electron chi connectivity index (χ1n) is 5.28. The number of aliphatic hydroxyl groups excluding tert-OH is 1. The Labute approximate surface area is 89.7 Å². The number of rotatable bonds is 3. The van der Waals surface area contributed by atoms with Crippen molar-refractivity contribution in [1.82, 2.24) is 9.88 Å². The van der Waals surface area contributed by atoms with Gasteiger partial charge in [0.25, 0.3) is 0 Å². The van der Waals surface area contributed by atoms with Gasteiger partial charge in [0.2, 0.25) is 0 Å². The van der Waals surface area contributed by atoms with Crippen LogP contribution < -0.4 is 5.73 Å². The van der Waals surface area contributed by atoms with Crippen LogP contribution in [0.4, 0.5) is 0 Å². The number of pyridine rings is 1. The first-order valence-corrected chi connectivity index (χ1v) is 5.28. The SMILES string of the molecule is N[C@@H]1CN(Cc2ccccn2)C[C@H]1CO. The Morgan fingerprint density at radius 2 is 2.33 bits per heavy atom. The molecule has 0 saturated carbocycles. The molecule has 1 saturated heterocycles. The molecule has 0 aliphatic carbocycles. The predicted octanol–water partition coefficient (Wildman–Crippen LogP) is -0.167. The fourth-order valence-electron chi connectivity index (χ4n) is 2.03. The molecule has 4 heteroatoms. The van der Waals surface area contributed by atoms with E-state index in [0.29, 0.717) is 0 Å². The molecule has 1 aromatic rings. The van der Waals surface area contributed by atoms with E-state index >= 15 is 0 Å². The van der Waals surface area contributed by atoms with E-state index in [1.54, 1.807) is 6.20 Å². The number of aromatic nitrogens is 1. The molecule has 0 aromatic carbocycles. The van der Waals surface area contributed by atoms with E-state index in [0.717, 1.165) is 25.3 Å². The van der Waals surface area contributed by atoms with Crippen molar-refractivity contribution in [3.05, 3.63) is 30.1 Å². The average Bonchev–Trinajstić information content (AvgIpc) is 2.60. The van der Waals surface area contributed by atoms with E-state index in [-0.39, 0.29) is 18.6 Å². The van der Waals surface area contributed by atoms with Gasteiger partial charge in [-0.25, -0.2) is 0 Å². The number of nitrogens with two attached hydrogens (primary N) is 1. The van der Waals surface area contributed by atoms with Gasteiger partial charge in [0.15, 0.2) is 0 Å². The molecule has 0 unspecified atom stereocenters. The molecule has 0 radical (unpaired) electrons. The minimum Gasteiger partial charge on any atom is -0.396 e. The summed E-state index contributed by atoms with van der Waals surface area (Å²) in [6, 6.07) is 6.01. The highest BCUT2D eigenvalue weighted by Gasteiger charge is 2.29. The van der Waals surface area contributed by atoms with Gasteiger partial charge in [-0.2, -0.15) is 0 Å². The molecular weight excluding hydrogens is 190 g/mol. The van der Waals surface area contributed by atoms with E-state index in [4.69, 9.17) is 10.8 Å². The molecule has 1 fully saturated rings. The molecule has 1 aromatic heterocycles. The van der Waals surface area contributed by atoms with Gasteiger partial charge in [0.1, 0.15) is 0 Å². The van der Waals surface area contributed by atoms with Crippen LogP contribution in [0.5, 0.6) is 0 Å². The quantitative estimate of drug-likeness (QED) is 0.722. The number of aliphatic hydroxyl groups is 1. The lowest BCUT2D eigenvalue weighted by atomic mass is 10.1.